The Hall–Kier alpha value is -6.92. The lowest BCUT2D eigenvalue weighted by atomic mass is 10.1. The van der Waals surface area contributed by atoms with Crippen LogP contribution < -0.4 is 5.32 Å². The summed E-state index contributed by atoms with van der Waals surface area (Å²) >= 11 is 0. The van der Waals surface area contributed by atoms with Gasteiger partial charge in [0, 0.05) is 49.1 Å². The molecular formula is C45H28N4O2. The third kappa shape index (κ3) is 4.36. The minimum absolute atomic E-state index is 0.270. The van der Waals surface area contributed by atoms with Gasteiger partial charge in [-0.15, -0.1) is 0 Å². The fraction of sp³-hybridized carbons (Fsp3) is 0.0222. The first kappa shape index (κ1) is 28.0. The Morgan fingerprint density at radius 3 is 1.73 bits per heavy atom. The molecule has 1 aliphatic heterocycles. The summed E-state index contributed by atoms with van der Waals surface area (Å²) in [7, 11) is 0. The van der Waals surface area contributed by atoms with Crippen molar-refractivity contribution in [3.63, 3.8) is 0 Å². The van der Waals surface area contributed by atoms with Crippen molar-refractivity contribution in [1.29, 1.82) is 0 Å². The molecule has 11 rings (SSSR count). The van der Waals surface area contributed by atoms with E-state index in [0.717, 1.165) is 72.1 Å². The Balaban J connectivity index is 1.04. The molecule has 10 aromatic rings. The summed E-state index contributed by atoms with van der Waals surface area (Å²) < 4.78 is 15.3. The Morgan fingerprint density at radius 1 is 0.471 bits per heavy atom. The third-order valence-corrected chi connectivity index (χ3v) is 10.0. The maximum atomic E-state index is 6.50. The van der Waals surface area contributed by atoms with Crippen molar-refractivity contribution >= 4 is 77.4 Å². The van der Waals surface area contributed by atoms with Gasteiger partial charge in [0.15, 0.2) is 5.84 Å². The maximum Gasteiger partial charge on any atom is 0.159 e. The van der Waals surface area contributed by atoms with Gasteiger partial charge < -0.3 is 18.7 Å². The van der Waals surface area contributed by atoms with Crippen molar-refractivity contribution < 1.29 is 8.83 Å². The molecule has 3 aromatic heterocycles. The van der Waals surface area contributed by atoms with E-state index in [2.05, 4.69) is 113 Å². The maximum absolute atomic E-state index is 6.50. The standard InChI is InChI=1S/C45H28N4O2/c1-3-11-27(12-4-1)43-46-44(28-13-5-2-6-14-28)48-45(47-43)29-19-21-39-33(23-29)35-25-42-36(26-41(35)50-39)34-24-30(20-22-40(34)51-42)49-37-17-9-7-15-31(37)32-16-8-10-18-38(32)49/h1-26,43H,(H,46,47,48). The molecule has 240 valence electrons. The number of hydrogen-bond acceptors (Lipinski definition) is 5. The molecule has 6 heteroatoms. The van der Waals surface area contributed by atoms with Gasteiger partial charge in [-0.25, -0.2) is 9.98 Å². The number of hydrogen-bond donors (Lipinski definition) is 1. The topological polar surface area (TPSA) is 68.0 Å². The molecule has 0 amide bonds. The van der Waals surface area contributed by atoms with Crippen LogP contribution in [0.25, 0.3) is 71.4 Å². The van der Waals surface area contributed by atoms with E-state index in [4.69, 9.17) is 18.8 Å². The highest BCUT2D eigenvalue weighted by molar-refractivity contribution is 6.18. The van der Waals surface area contributed by atoms with Crippen LogP contribution in [-0.2, 0) is 0 Å². The number of amidine groups is 2. The quantitative estimate of drug-likeness (QED) is 0.205. The van der Waals surface area contributed by atoms with E-state index in [9.17, 15) is 0 Å². The molecule has 0 spiro atoms. The van der Waals surface area contributed by atoms with Gasteiger partial charge in [-0.1, -0.05) is 97.1 Å². The van der Waals surface area contributed by atoms with Crippen LogP contribution in [0.15, 0.2) is 177 Å². The second-order valence-corrected chi connectivity index (χ2v) is 13.0. The van der Waals surface area contributed by atoms with E-state index in [0.29, 0.717) is 5.84 Å². The Morgan fingerprint density at radius 2 is 1.04 bits per heavy atom. The SMILES string of the molecule is c1ccc(C2=NC(c3ccccc3)NC(c3ccc4oc5cc6c(cc5c4c3)oc3ccc(-n4c5ccccc5c5ccccc54)cc36)=N2)cc1. The van der Waals surface area contributed by atoms with Crippen molar-refractivity contribution in [3.8, 4) is 5.69 Å². The molecule has 0 fully saturated rings. The number of fused-ring (bicyclic) bond motifs is 9. The second-order valence-electron chi connectivity index (χ2n) is 13.0. The van der Waals surface area contributed by atoms with Gasteiger partial charge in [-0.2, -0.15) is 0 Å². The lowest BCUT2D eigenvalue weighted by Crippen LogP contribution is -2.33. The smallest absolute Gasteiger partial charge is 0.159 e. The molecule has 0 bridgehead atoms. The fourth-order valence-electron chi connectivity index (χ4n) is 7.64. The zero-order valence-corrected chi connectivity index (χ0v) is 27.2. The van der Waals surface area contributed by atoms with Gasteiger partial charge >= 0.3 is 0 Å². The summed E-state index contributed by atoms with van der Waals surface area (Å²) in [5, 5.41) is 10.1. The van der Waals surface area contributed by atoms with Crippen LogP contribution in [0, 0.1) is 0 Å². The van der Waals surface area contributed by atoms with Crippen LogP contribution >= 0.6 is 0 Å². The summed E-state index contributed by atoms with van der Waals surface area (Å²) in [4.78, 5) is 10.0. The van der Waals surface area contributed by atoms with E-state index in [-0.39, 0.29) is 6.17 Å². The highest BCUT2D eigenvalue weighted by Crippen LogP contribution is 2.39. The molecule has 7 aromatic carbocycles. The Labute approximate surface area is 291 Å². The predicted octanol–water partition coefficient (Wildman–Crippen LogP) is 11.1. The lowest BCUT2D eigenvalue weighted by molar-refractivity contribution is 0.663. The lowest BCUT2D eigenvalue weighted by Gasteiger charge is -2.23. The Bertz CT molecular complexity index is 3000. The summed E-state index contributed by atoms with van der Waals surface area (Å²) in [5.74, 6) is 1.45. The van der Waals surface area contributed by atoms with Crippen molar-refractivity contribution in [2.24, 2.45) is 9.98 Å². The van der Waals surface area contributed by atoms with Crippen LogP contribution in [0.5, 0.6) is 0 Å². The number of furan rings is 2. The van der Waals surface area contributed by atoms with Crippen LogP contribution in [-0.4, -0.2) is 16.2 Å². The average molecular weight is 657 g/mol. The van der Waals surface area contributed by atoms with E-state index in [1.807, 2.05) is 54.6 Å². The first-order valence-corrected chi connectivity index (χ1v) is 17.1. The van der Waals surface area contributed by atoms with Gasteiger partial charge in [0.25, 0.3) is 0 Å². The fourth-order valence-corrected chi connectivity index (χ4v) is 7.64. The number of aromatic nitrogens is 1. The first-order valence-electron chi connectivity index (χ1n) is 17.1. The number of benzene rings is 7. The summed E-state index contributed by atoms with van der Waals surface area (Å²) in [5.41, 5.74) is 9.72. The summed E-state index contributed by atoms with van der Waals surface area (Å²) in [6.45, 7) is 0. The van der Waals surface area contributed by atoms with Crippen LogP contribution in [0.1, 0.15) is 22.9 Å². The van der Waals surface area contributed by atoms with Crippen molar-refractivity contribution in [3.05, 3.63) is 174 Å². The zero-order valence-electron chi connectivity index (χ0n) is 27.2. The van der Waals surface area contributed by atoms with Crippen LogP contribution in [0.2, 0.25) is 0 Å². The molecular weight excluding hydrogens is 629 g/mol. The van der Waals surface area contributed by atoms with E-state index in [1.165, 1.54) is 21.8 Å². The first-order chi connectivity index (χ1) is 25.2. The molecule has 0 saturated heterocycles. The molecule has 4 heterocycles. The minimum atomic E-state index is -0.270. The number of nitrogens with zero attached hydrogens (tertiary/aromatic N) is 3. The number of nitrogens with one attached hydrogen (secondary N) is 1. The molecule has 6 nitrogen and oxygen atoms in total. The highest BCUT2D eigenvalue weighted by atomic mass is 16.3. The second kappa shape index (κ2) is 10.8. The number of rotatable bonds is 4. The predicted molar refractivity (Wildman–Crippen MR) is 207 cm³/mol. The molecule has 1 unspecified atom stereocenters. The normalized spacial score (nSPS) is 14.9. The van der Waals surface area contributed by atoms with E-state index < -0.39 is 0 Å². The van der Waals surface area contributed by atoms with Crippen LogP contribution in [0.4, 0.5) is 0 Å². The summed E-state index contributed by atoms with van der Waals surface area (Å²) in [6.07, 6.45) is -0.270. The van der Waals surface area contributed by atoms with Gasteiger partial charge in [0.2, 0.25) is 0 Å². The molecule has 1 atom stereocenters. The molecule has 1 N–H and O–H groups in total. The highest BCUT2D eigenvalue weighted by Gasteiger charge is 2.22. The molecule has 0 radical (unpaired) electrons. The van der Waals surface area contributed by atoms with Gasteiger partial charge in [-0.3, -0.25) is 0 Å². The van der Waals surface area contributed by atoms with Crippen molar-refractivity contribution in [2.75, 3.05) is 0 Å². The molecule has 0 saturated carbocycles. The van der Waals surface area contributed by atoms with Gasteiger partial charge in [-0.05, 0) is 66.2 Å². The van der Waals surface area contributed by atoms with Gasteiger partial charge in [0.1, 0.15) is 34.3 Å². The van der Waals surface area contributed by atoms with E-state index >= 15 is 0 Å². The zero-order chi connectivity index (χ0) is 33.5. The van der Waals surface area contributed by atoms with E-state index in [1.54, 1.807) is 0 Å². The molecule has 0 aliphatic carbocycles. The minimum Gasteiger partial charge on any atom is -0.456 e. The third-order valence-electron chi connectivity index (χ3n) is 10.0. The van der Waals surface area contributed by atoms with Crippen molar-refractivity contribution in [1.82, 2.24) is 9.88 Å². The summed E-state index contributed by atoms with van der Waals surface area (Å²) in [6, 6.07) is 54.5. The monoisotopic (exact) mass is 656 g/mol. The number of para-hydroxylation sites is 2. The number of aliphatic imine (C=N–C) groups is 2. The largest absolute Gasteiger partial charge is 0.456 e. The molecule has 51 heavy (non-hydrogen) atoms. The average Bonchev–Trinajstić information content (AvgIpc) is 3.86. The molecule has 1 aliphatic rings. The Kier molecular flexibility index (Phi) is 5.92. The van der Waals surface area contributed by atoms with Crippen molar-refractivity contribution in [2.45, 2.75) is 6.17 Å². The van der Waals surface area contributed by atoms with Crippen LogP contribution in [0.3, 0.4) is 0 Å². The van der Waals surface area contributed by atoms with Gasteiger partial charge in [0.05, 0.1) is 11.0 Å².